The number of amides is 3. The average Bonchev–Trinajstić information content (AvgIpc) is 2.71. The number of urea groups is 1. The van der Waals surface area contributed by atoms with Gasteiger partial charge in [0.1, 0.15) is 6.04 Å². The molecular weight excluding hydrogens is 400 g/mol. The lowest BCUT2D eigenvalue weighted by Gasteiger charge is -2.37. The van der Waals surface area contributed by atoms with Crippen molar-refractivity contribution >= 4 is 33.7 Å². The van der Waals surface area contributed by atoms with Crippen LogP contribution in [0.1, 0.15) is 45.4 Å². The Balaban J connectivity index is 1.86. The molecule has 1 atom stereocenters. The fraction of sp³-hybridized carbons (Fsp3) is 0.889. The van der Waals surface area contributed by atoms with E-state index in [1.54, 1.807) is 28.5 Å². The molecule has 162 valence electrons. The zero-order chi connectivity index (χ0) is 20.6. The molecule has 1 aliphatic carbocycles. The molecule has 2 rings (SSSR count). The summed E-state index contributed by atoms with van der Waals surface area (Å²) < 4.78 is 26.4. The number of hydrogen-bond donors (Lipinski definition) is 2. The summed E-state index contributed by atoms with van der Waals surface area (Å²) in [5, 5.41) is 3.11. The van der Waals surface area contributed by atoms with Crippen molar-refractivity contribution in [1.82, 2.24) is 19.8 Å². The van der Waals surface area contributed by atoms with Gasteiger partial charge in [0.25, 0.3) is 0 Å². The van der Waals surface area contributed by atoms with Gasteiger partial charge in [-0.2, -0.15) is 11.8 Å². The highest BCUT2D eigenvalue weighted by Crippen LogP contribution is 2.18. The molecule has 1 saturated carbocycles. The van der Waals surface area contributed by atoms with Gasteiger partial charge in [-0.25, -0.2) is 17.9 Å². The molecule has 28 heavy (non-hydrogen) atoms. The third-order valence-corrected chi connectivity index (χ3v) is 7.47. The first-order valence-corrected chi connectivity index (χ1v) is 13.2. The van der Waals surface area contributed by atoms with Crippen molar-refractivity contribution in [2.24, 2.45) is 0 Å². The van der Waals surface area contributed by atoms with E-state index in [-0.39, 0.29) is 23.7 Å². The Morgan fingerprint density at radius 2 is 1.68 bits per heavy atom. The van der Waals surface area contributed by atoms with Crippen LogP contribution < -0.4 is 10.0 Å². The van der Waals surface area contributed by atoms with Crippen LogP contribution in [0.15, 0.2) is 0 Å². The second-order valence-corrected chi connectivity index (χ2v) is 10.5. The van der Waals surface area contributed by atoms with Crippen molar-refractivity contribution in [1.29, 1.82) is 0 Å². The Morgan fingerprint density at radius 1 is 1.07 bits per heavy atom. The average molecular weight is 435 g/mol. The summed E-state index contributed by atoms with van der Waals surface area (Å²) in [6, 6.07) is -0.523. The van der Waals surface area contributed by atoms with E-state index in [2.05, 4.69) is 10.0 Å². The molecule has 2 fully saturated rings. The van der Waals surface area contributed by atoms with E-state index in [0.29, 0.717) is 38.4 Å². The summed E-state index contributed by atoms with van der Waals surface area (Å²) in [6.45, 7) is 3.36. The van der Waals surface area contributed by atoms with E-state index in [4.69, 9.17) is 0 Å². The molecule has 8 nitrogen and oxygen atoms in total. The van der Waals surface area contributed by atoms with Crippen LogP contribution in [0.2, 0.25) is 0 Å². The van der Waals surface area contributed by atoms with Gasteiger partial charge < -0.3 is 15.1 Å². The molecule has 1 aliphatic heterocycles. The van der Waals surface area contributed by atoms with Crippen molar-refractivity contribution in [3.8, 4) is 0 Å². The van der Waals surface area contributed by atoms with Gasteiger partial charge in [0, 0.05) is 32.2 Å². The number of thioether (sulfide) groups is 1. The second kappa shape index (κ2) is 11.3. The van der Waals surface area contributed by atoms with Crippen LogP contribution >= 0.6 is 11.8 Å². The number of hydrogen-bond acceptors (Lipinski definition) is 5. The maximum absolute atomic E-state index is 12.9. The minimum atomic E-state index is -3.45. The summed E-state index contributed by atoms with van der Waals surface area (Å²) in [7, 11) is -3.45. The van der Waals surface area contributed by atoms with E-state index in [1.165, 1.54) is 19.3 Å². The first-order chi connectivity index (χ1) is 13.4. The van der Waals surface area contributed by atoms with Gasteiger partial charge in [0.05, 0.1) is 5.75 Å². The number of carbonyl (C=O) groups is 2. The fourth-order valence-corrected chi connectivity index (χ4v) is 4.92. The summed E-state index contributed by atoms with van der Waals surface area (Å²) in [5.74, 6) is 0.454. The molecule has 3 amide bonds. The first kappa shape index (κ1) is 23.3. The predicted molar refractivity (Wildman–Crippen MR) is 113 cm³/mol. The quantitative estimate of drug-likeness (QED) is 0.599. The van der Waals surface area contributed by atoms with Crippen LogP contribution in [0, 0.1) is 0 Å². The van der Waals surface area contributed by atoms with Gasteiger partial charge in [-0.05, 0) is 38.2 Å². The van der Waals surface area contributed by atoms with E-state index in [1.807, 2.05) is 6.26 Å². The summed E-state index contributed by atoms with van der Waals surface area (Å²) >= 11 is 1.58. The second-order valence-electron chi connectivity index (χ2n) is 7.45. The summed E-state index contributed by atoms with van der Waals surface area (Å²) in [5.41, 5.74) is 0. The molecule has 0 spiro atoms. The Morgan fingerprint density at radius 3 is 2.25 bits per heavy atom. The fourth-order valence-electron chi connectivity index (χ4n) is 3.63. The molecule has 1 saturated heterocycles. The number of sulfonamides is 1. The molecule has 0 aromatic heterocycles. The van der Waals surface area contributed by atoms with Crippen molar-refractivity contribution in [2.75, 3.05) is 43.9 Å². The number of rotatable bonds is 8. The smallest absolute Gasteiger partial charge is 0.317 e. The SMILES string of the molecule is CCS(=O)(=O)NC(CCSC)C(=O)N1CCN(C(=O)NC2CCCCC2)CC1. The standard InChI is InChI=1S/C18H34N4O4S2/c1-3-28(25,26)20-16(9-14-27-2)17(23)21-10-12-22(13-11-21)18(24)19-15-7-5-4-6-8-15/h15-16,20H,3-14H2,1-2H3,(H,19,24). The zero-order valence-corrected chi connectivity index (χ0v) is 18.6. The number of nitrogens with zero attached hydrogens (tertiary/aromatic N) is 2. The van der Waals surface area contributed by atoms with Gasteiger partial charge in [0.15, 0.2) is 0 Å². The normalized spacial score (nSPS) is 20.1. The molecule has 1 unspecified atom stereocenters. The summed E-state index contributed by atoms with van der Waals surface area (Å²) in [4.78, 5) is 28.8. The highest BCUT2D eigenvalue weighted by Gasteiger charge is 2.31. The maximum atomic E-state index is 12.9. The lowest BCUT2D eigenvalue weighted by Crippen LogP contribution is -2.58. The lowest BCUT2D eigenvalue weighted by atomic mass is 9.96. The van der Waals surface area contributed by atoms with Crippen LogP contribution in [0.25, 0.3) is 0 Å². The highest BCUT2D eigenvalue weighted by atomic mass is 32.2. The van der Waals surface area contributed by atoms with E-state index in [0.717, 1.165) is 12.8 Å². The van der Waals surface area contributed by atoms with Gasteiger partial charge in [0.2, 0.25) is 15.9 Å². The third-order valence-electron chi connectivity index (χ3n) is 5.42. The van der Waals surface area contributed by atoms with Gasteiger partial charge in [-0.15, -0.1) is 0 Å². The number of carbonyl (C=O) groups excluding carboxylic acids is 2. The Bertz CT molecular complexity index is 615. The third kappa shape index (κ3) is 7.11. The molecule has 1 heterocycles. The van der Waals surface area contributed by atoms with Crippen molar-refractivity contribution in [3.63, 3.8) is 0 Å². The molecule has 2 N–H and O–H groups in total. The predicted octanol–water partition coefficient (Wildman–Crippen LogP) is 1.23. The van der Waals surface area contributed by atoms with Gasteiger partial charge >= 0.3 is 6.03 Å². The highest BCUT2D eigenvalue weighted by molar-refractivity contribution is 7.98. The first-order valence-electron chi connectivity index (χ1n) is 10.2. The Hall–Kier alpha value is -1.00. The van der Waals surface area contributed by atoms with Crippen LogP contribution in [0.3, 0.4) is 0 Å². The molecule has 0 radical (unpaired) electrons. The van der Waals surface area contributed by atoms with E-state index >= 15 is 0 Å². The van der Waals surface area contributed by atoms with Gasteiger partial charge in [-0.1, -0.05) is 19.3 Å². The largest absolute Gasteiger partial charge is 0.338 e. The van der Waals surface area contributed by atoms with Gasteiger partial charge in [-0.3, -0.25) is 4.79 Å². The van der Waals surface area contributed by atoms with Crippen LogP contribution in [-0.4, -0.2) is 86.2 Å². The van der Waals surface area contributed by atoms with E-state index < -0.39 is 16.1 Å². The number of nitrogens with one attached hydrogen (secondary N) is 2. The lowest BCUT2D eigenvalue weighted by molar-refractivity contribution is -0.134. The van der Waals surface area contributed by atoms with Crippen LogP contribution in [0.5, 0.6) is 0 Å². The Labute approximate surface area is 173 Å². The monoisotopic (exact) mass is 434 g/mol. The van der Waals surface area contributed by atoms with Crippen molar-refractivity contribution < 1.29 is 18.0 Å². The zero-order valence-electron chi connectivity index (χ0n) is 17.0. The topological polar surface area (TPSA) is 98.8 Å². The molecule has 0 bridgehead atoms. The minimum absolute atomic E-state index is 0.0504. The maximum Gasteiger partial charge on any atom is 0.317 e. The number of piperazine rings is 1. The van der Waals surface area contributed by atoms with Crippen molar-refractivity contribution in [2.45, 2.75) is 57.5 Å². The molecule has 10 heteroatoms. The van der Waals surface area contributed by atoms with Crippen LogP contribution in [-0.2, 0) is 14.8 Å². The molecule has 2 aliphatic rings. The molecular formula is C18H34N4O4S2. The molecule has 0 aromatic rings. The van der Waals surface area contributed by atoms with E-state index in [9.17, 15) is 18.0 Å². The minimum Gasteiger partial charge on any atom is -0.338 e. The molecule has 0 aromatic carbocycles. The summed E-state index contributed by atoms with van der Waals surface area (Å²) in [6.07, 6.45) is 8.04. The Kier molecular flexibility index (Phi) is 9.36. The van der Waals surface area contributed by atoms with Crippen LogP contribution in [0.4, 0.5) is 4.79 Å². The van der Waals surface area contributed by atoms with Crippen molar-refractivity contribution in [3.05, 3.63) is 0 Å².